The highest BCUT2D eigenvalue weighted by atomic mass is 32.1. The zero-order chi connectivity index (χ0) is 43.4. The Hall–Kier alpha value is -6.04. The number of fused-ring (bicyclic) bond motifs is 4. The topological polar surface area (TPSA) is 105 Å². The Balaban J connectivity index is 0.718. The van der Waals surface area contributed by atoms with Crippen LogP contribution in [0.5, 0.6) is 11.5 Å². The second-order valence-corrected chi connectivity index (χ2v) is 19.6. The molecule has 10 nitrogen and oxygen atoms in total. The number of ether oxygens (including phenoxy) is 1. The Morgan fingerprint density at radius 1 is 0.875 bits per heavy atom. The molecule has 3 aliphatic heterocycles. The summed E-state index contributed by atoms with van der Waals surface area (Å²) in [4.78, 5) is 16.3. The van der Waals surface area contributed by atoms with Gasteiger partial charge in [0.2, 0.25) is 0 Å². The molecule has 4 aliphatic rings. The van der Waals surface area contributed by atoms with E-state index in [4.69, 9.17) is 14.1 Å². The molecule has 3 aromatic heterocycles. The Bertz CT molecular complexity index is 2790. The van der Waals surface area contributed by atoms with Crippen LogP contribution in [-0.4, -0.2) is 74.8 Å². The number of nitrogens with zero attached hydrogens (tertiary/aromatic N) is 7. The number of thiophene rings is 1. The summed E-state index contributed by atoms with van der Waals surface area (Å²) >= 11 is 1.78. The molecular formula is C53H55N7O3S. The lowest BCUT2D eigenvalue weighted by Gasteiger charge is -2.40. The van der Waals surface area contributed by atoms with E-state index in [0.29, 0.717) is 36.0 Å². The number of rotatable bonds is 10. The standard InChI is InChI=1S/C53H55N7O3S/c1-34-35(2)64-52-48(34)50(55-46(32-47-54-24-29-63-47)51-57-56-36(3)60(51)52)39-9-14-41(15-10-39)59-26-22-53(23-27-59)21-25-58(33-53)28-30-62-43-17-11-38(12-18-43)49-44(37-7-5-4-6-8-37)19-13-40-31-42(61)16-20-45(40)49/h4-12,14-18,20,24,29,31,44,46,49,61H,13,19,21-23,25-28,30,32-33H2,1-3H3/t44-,46?,49+/m1/s1. The van der Waals surface area contributed by atoms with Crippen molar-refractivity contribution in [2.75, 3.05) is 44.2 Å². The first kappa shape index (κ1) is 40.7. The van der Waals surface area contributed by atoms with Gasteiger partial charge >= 0.3 is 0 Å². The first-order valence-electron chi connectivity index (χ1n) is 23.0. The summed E-state index contributed by atoms with van der Waals surface area (Å²) in [6, 6.07) is 34.4. The molecule has 2 saturated heterocycles. The quantitative estimate of drug-likeness (QED) is 0.145. The molecule has 1 spiro atoms. The van der Waals surface area contributed by atoms with Crippen molar-refractivity contribution >= 4 is 22.7 Å². The van der Waals surface area contributed by atoms with Gasteiger partial charge in [-0.2, -0.15) is 0 Å². The molecule has 1 unspecified atom stereocenters. The number of anilines is 1. The number of aromatic nitrogens is 4. The van der Waals surface area contributed by atoms with E-state index in [1.807, 2.05) is 19.1 Å². The van der Waals surface area contributed by atoms with Crippen LogP contribution < -0.4 is 9.64 Å². The van der Waals surface area contributed by atoms with Crippen LogP contribution >= 0.6 is 11.3 Å². The lowest BCUT2D eigenvalue weighted by Crippen LogP contribution is -2.42. The van der Waals surface area contributed by atoms with Crippen LogP contribution in [0.15, 0.2) is 119 Å². The van der Waals surface area contributed by atoms with Gasteiger partial charge in [-0.1, -0.05) is 60.7 Å². The molecule has 0 amide bonds. The zero-order valence-electron chi connectivity index (χ0n) is 36.9. The smallest absolute Gasteiger partial charge is 0.196 e. The number of piperidine rings is 1. The normalized spacial score (nSPS) is 20.4. The maximum absolute atomic E-state index is 10.2. The van der Waals surface area contributed by atoms with Crippen molar-refractivity contribution in [3.05, 3.63) is 171 Å². The molecule has 11 rings (SSSR count). The molecule has 326 valence electrons. The minimum absolute atomic E-state index is 0.233. The van der Waals surface area contributed by atoms with Crippen LogP contribution in [0, 0.1) is 26.2 Å². The predicted octanol–water partition coefficient (Wildman–Crippen LogP) is 10.3. The van der Waals surface area contributed by atoms with Gasteiger partial charge in [0.05, 0.1) is 18.3 Å². The van der Waals surface area contributed by atoms with Crippen molar-refractivity contribution in [2.45, 2.75) is 77.2 Å². The average molecular weight is 870 g/mol. The van der Waals surface area contributed by atoms with Gasteiger partial charge in [-0.3, -0.25) is 14.5 Å². The average Bonchev–Trinajstić information content (AvgIpc) is 4.12. The van der Waals surface area contributed by atoms with Gasteiger partial charge in [0.25, 0.3) is 0 Å². The van der Waals surface area contributed by atoms with Gasteiger partial charge in [0.1, 0.15) is 41.2 Å². The Morgan fingerprint density at radius 3 is 2.45 bits per heavy atom. The van der Waals surface area contributed by atoms with E-state index in [-0.39, 0.29) is 12.0 Å². The number of hydrogen-bond donors (Lipinski definition) is 1. The maximum atomic E-state index is 10.2. The first-order valence-corrected chi connectivity index (χ1v) is 23.8. The summed E-state index contributed by atoms with van der Waals surface area (Å²) in [5.41, 5.74) is 11.4. The van der Waals surface area contributed by atoms with Crippen molar-refractivity contribution in [3.8, 4) is 16.5 Å². The lowest BCUT2D eigenvalue weighted by atomic mass is 9.69. The molecule has 0 radical (unpaired) electrons. The number of aliphatic imine (C=N–C) groups is 1. The lowest BCUT2D eigenvalue weighted by molar-refractivity contribution is 0.188. The summed E-state index contributed by atoms with van der Waals surface area (Å²) in [5, 5.41) is 20.5. The van der Waals surface area contributed by atoms with Gasteiger partial charge in [-0.15, -0.1) is 21.5 Å². The molecule has 7 aromatic rings. The first-order chi connectivity index (χ1) is 31.3. The van der Waals surface area contributed by atoms with Gasteiger partial charge in [-0.05, 0) is 135 Å². The monoisotopic (exact) mass is 869 g/mol. The van der Waals surface area contributed by atoms with E-state index in [0.717, 1.165) is 84.8 Å². The van der Waals surface area contributed by atoms with Crippen LogP contribution in [0.25, 0.3) is 5.00 Å². The maximum Gasteiger partial charge on any atom is 0.196 e. The molecule has 11 heteroatoms. The summed E-state index contributed by atoms with van der Waals surface area (Å²) in [7, 11) is 0. The molecule has 4 aromatic carbocycles. The number of oxazole rings is 1. The van der Waals surface area contributed by atoms with E-state index >= 15 is 0 Å². The fourth-order valence-electron chi connectivity index (χ4n) is 11.1. The number of phenols is 1. The third kappa shape index (κ3) is 7.62. The molecule has 1 N–H and O–H groups in total. The number of phenolic OH excluding ortho intramolecular Hbond substituents is 1. The summed E-state index contributed by atoms with van der Waals surface area (Å²) in [6.45, 7) is 12.4. The molecule has 0 bridgehead atoms. The molecule has 2 fully saturated rings. The summed E-state index contributed by atoms with van der Waals surface area (Å²) in [5.74, 6) is 4.20. The van der Waals surface area contributed by atoms with Gasteiger partial charge in [0.15, 0.2) is 11.7 Å². The van der Waals surface area contributed by atoms with E-state index in [1.54, 1.807) is 23.8 Å². The van der Waals surface area contributed by atoms with Crippen molar-refractivity contribution in [1.29, 1.82) is 0 Å². The van der Waals surface area contributed by atoms with Crippen molar-refractivity contribution < 1.29 is 14.3 Å². The largest absolute Gasteiger partial charge is 0.508 e. The second kappa shape index (κ2) is 16.8. The van der Waals surface area contributed by atoms with Crippen LogP contribution in [0.2, 0.25) is 0 Å². The number of aryl methyl sites for hydroxylation is 3. The fraction of sp³-hybridized carbons (Fsp3) is 0.358. The minimum atomic E-state index is -0.284. The molecule has 1 aliphatic carbocycles. The summed E-state index contributed by atoms with van der Waals surface area (Å²) < 4.78 is 14.3. The molecule has 0 saturated carbocycles. The number of hydrogen-bond acceptors (Lipinski definition) is 10. The Kier molecular flexibility index (Phi) is 10.7. The van der Waals surface area contributed by atoms with Crippen LogP contribution in [0.4, 0.5) is 5.69 Å². The predicted molar refractivity (Wildman–Crippen MR) is 253 cm³/mol. The van der Waals surface area contributed by atoms with Crippen molar-refractivity contribution in [1.82, 2.24) is 24.6 Å². The third-order valence-corrected chi connectivity index (χ3v) is 15.9. The minimum Gasteiger partial charge on any atom is -0.508 e. The van der Waals surface area contributed by atoms with E-state index in [1.165, 1.54) is 57.6 Å². The molecule has 6 heterocycles. The van der Waals surface area contributed by atoms with Crippen molar-refractivity contribution in [2.24, 2.45) is 10.4 Å². The fourth-order valence-corrected chi connectivity index (χ4v) is 12.3. The Labute approximate surface area is 379 Å². The number of aromatic hydroxyl groups is 1. The van der Waals surface area contributed by atoms with Crippen LogP contribution in [0.1, 0.15) is 105 Å². The highest BCUT2D eigenvalue weighted by molar-refractivity contribution is 7.15. The van der Waals surface area contributed by atoms with E-state index < -0.39 is 0 Å². The zero-order valence-corrected chi connectivity index (χ0v) is 37.7. The van der Waals surface area contributed by atoms with E-state index in [2.05, 4.69) is 128 Å². The SMILES string of the molecule is Cc1sc2c(c1C)C(c1ccc(N3CCC4(CCN(CCOc5ccc([C@@H]6c7ccc(O)cc7CC[C@@H]6c6ccccc6)cc5)C4)CC3)cc1)=NC(Cc1ncco1)c1nnc(C)n1-2. The molecular weight excluding hydrogens is 815 g/mol. The highest BCUT2D eigenvalue weighted by Crippen LogP contribution is 2.48. The number of likely N-dealkylation sites (tertiary alicyclic amines) is 1. The number of benzene rings is 4. The highest BCUT2D eigenvalue weighted by Gasteiger charge is 2.41. The van der Waals surface area contributed by atoms with Gasteiger partial charge in [0, 0.05) is 53.8 Å². The van der Waals surface area contributed by atoms with Gasteiger partial charge in [-0.25, -0.2) is 4.98 Å². The second-order valence-electron chi connectivity index (χ2n) is 18.4. The molecule has 64 heavy (non-hydrogen) atoms. The van der Waals surface area contributed by atoms with Crippen LogP contribution in [0.3, 0.4) is 0 Å². The van der Waals surface area contributed by atoms with E-state index in [9.17, 15) is 5.11 Å². The Morgan fingerprint density at radius 2 is 1.67 bits per heavy atom. The third-order valence-electron chi connectivity index (χ3n) is 14.7. The van der Waals surface area contributed by atoms with Crippen LogP contribution in [-0.2, 0) is 12.8 Å². The van der Waals surface area contributed by atoms with Gasteiger partial charge < -0.3 is 19.2 Å². The van der Waals surface area contributed by atoms with Crippen molar-refractivity contribution in [3.63, 3.8) is 0 Å². The summed E-state index contributed by atoms with van der Waals surface area (Å²) in [6.07, 6.45) is 9.49. The molecule has 3 atom stereocenters.